The zero-order chi connectivity index (χ0) is 23.5. The standard InChI is InChI=1S/C19H19N5O9/c1-28-9-5-31-8(13(9)25)4-12-20-18(22-16-14(26)10(29-2)6-32-16)24-19(21-12)23-17-15(27)11(30-3)7-33-17/h5-7,25-27H,4H2,1-3H3,(H2,20,21,22,23,24). The molecule has 174 valence electrons. The van der Waals surface area contributed by atoms with Gasteiger partial charge in [-0.25, -0.2) is 0 Å². The number of hydrogen-bond acceptors (Lipinski definition) is 14. The molecule has 14 heteroatoms. The van der Waals surface area contributed by atoms with Crippen molar-refractivity contribution in [2.75, 3.05) is 32.0 Å². The van der Waals surface area contributed by atoms with E-state index in [0.29, 0.717) is 0 Å². The molecule has 4 aromatic rings. The summed E-state index contributed by atoms with van der Waals surface area (Å²) in [6.07, 6.45) is 3.57. The minimum absolute atomic E-state index is 0.0502. The van der Waals surface area contributed by atoms with E-state index in [9.17, 15) is 15.3 Å². The van der Waals surface area contributed by atoms with Crippen LogP contribution in [-0.4, -0.2) is 51.6 Å². The van der Waals surface area contributed by atoms with Crippen LogP contribution in [0.4, 0.5) is 23.7 Å². The molecule has 4 aromatic heterocycles. The SMILES string of the molecule is COc1coc(Cc2nc(Nc3occ(OC)c3O)nc(Nc3occ(OC)c3O)n2)c1O. The number of nitrogens with one attached hydrogen (secondary N) is 2. The molecule has 0 saturated heterocycles. The first kappa shape index (κ1) is 21.5. The highest BCUT2D eigenvalue weighted by Crippen LogP contribution is 2.39. The predicted octanol–water partition coefficient (Wildman–Crippen LogP) is 2.87. The van der Waals surface area contributed by atoms with E-state index < -0.39 is 0 Å². The molecular weight excluding hydrogens is 442 g/mol. The highest BCUT2D eigenvalue weighted by molar-refractivity contribution is 5.63. The maximum Gasteiger partial charge on any atom is 0.246 e. The van der Waals surface area contributed by atoms with Crippen LogP contribution >= 0.6 is 0 Å². The fraction of sp³-hybridized carbons (Fsp3) is 0.211. The Morgan fingerprint density at radius 1 is 0.697 bits per heavy atom. The van der Waals surface area contributed by atoms with Crippen molar-refractivity contribution in [3.63, 3.8) is 0 Å². The van der Waals surface area contributed by atoms with Crippen molar-refractivity contribution in [2.24, 2.45) is 0 Å². The van der Waals surface area contributed by atoms with Crippen molar-refractivity contribution in [2.45, 2.75) is 6.42 Å². The van der Waals surface area contributed by atoms with E-state index >= 15 is 0 Å². The topological polar surface area (TPSA) is 191 Å². The first-order chi connectivity index (χ1) is 15.9. The highest BCUT2D eigenvalue weighted by atomic mass is 16.5. The third kappa shape index (κ3) is 4.21. The molecule has 0 aromatic carbocycles. The van der Waals surface area contributed by atoms with Crippen LogP contribution in [0.1, 0.15) is 11.6 Å². The first-order valence-corrected chi connectivity index (χ1v) is 9.24. The molecular formula is C19H19N5O9. The van der Waals surface area contributed by atoms with Gasteiger partial charge in [-0.1, -0.05) is 0 Å². The van der Waals surface area contributed by atoms with Gasteiger partial charge in [-0.05, 0) is 0 Å². The van der Waals surface area contributed by atoms with E-state index in [1.54, 1.807) is 0 Å². The molecule has 0 aliphatic rings. The van der Waals surface area contributed by atoms with Crippen molar-refractivity contribution in [3.05, 3.63) is 30.4 Å². The summed E-state index contributed by atoms with van der Waals surface area (Å²) >= 11 is 0. The summed E-state index contributed by atoms with van der Waals surface area (Å²) < 4.78 is 30.7. The number of anilines is 4. The summed E-state index contributed by atoms with van der Waals surface area (Å²) in [6, 6.07) is 0. The van der Waals surface area contributed by atoms with E-state index in [0.717, 1.165) is 0 Å². The Balaban J connectivity index is 1.68. The average Bonchev–Trinajstić information content (AvgIpc) is 3.46. The molecule has 0 spiro atoms. The van der Waals surface area contributed by atoms with Crippen LogP contribution in [-0.2, 0) is 6.42 Å². The summed E-state index contributed by atoms with van der Waals surface area (Å²) in [6.45, 7) is 0. The Morgan fingerprint density at radius 3 is 1.58 bits per heavy atom. The molecule has 0 radical (unpaired) electrons. The van der Waals surface area contributed by atoms with Gasteiger partial charge in [0.25, 0.3) is 0 Å². The van der Waals surface area contributed by atoms with Gasteiger partial charge in [-0.3, -0.25) is 10.6 Å². The molecule has 0 fully saturated rings. The lowest BCUT2D eigenvalue weighted by Crippen LogP contribution is -2.07. The lowest BCUT2D eigenvalue weighted by molar-refractivity contribution is 0.375. The Morgan fingerprint density at radius 2 is 1.15 bits per heavy atom. The number of aromatic hydroxyl groups is 3. The first-order valence-electron chi connectivity index (χ1n) is 9.24. The highest BCUT2D eigenvalue weighted by Gasteiger charge is 2.20. The molecule has 14 nitrogen and oxygen atoms in total. The van der Waals surface area contributed by atoms with E-state index in [1.165, 1.54) is 40.1 Å². The third-order valence-electron chi connectivity index (χ3n) is 4.38. The molecule has 0 atom stereocenters. The van der Waals surface area contributed by atoms with E-state index in [2.05, 4.69) is 25.6 Å². The fourth-order valence-electron chi connectivity index (χ4n) is 2.74. The van der Waals surface area contributed by atoms with Gasteiger partial charge >= 0.3 is 0 Å². The molecule has 4 rings (SSSR count). The van der Waals surface area contributed by atoms with Crippen LogP contribution in [0.5, 0.6) is 34.5 Å². The molecule has 0 amide bonds. The summed E-state index contributed by atoms with van der Waals surface area (Å²) in [5.41, 5.74) is 0. The van der Waals surface area contributed by atoms with Gasteiger partial charge in [0.1, 0.15) is 24.6 Å². The van der Waals surface area contributed by atoms with Crippen molar-refractivity contribution in [1.29, 1.82) is 0 Å². The second-order valence-corrected chi connectivity index (χ2v) is 6.37. The van der Waals surface area contributed by atoms with Crippen LogP contribution in [0, 0.1) is 0 Å². The van der Waals surface area contributed by atoms with Crippen LogP contribution < -0.4 is 24.8 Å². The maximum atomic E-state index is 10.2. The number of ether oxygens (including phenoxy) is 3. The summed E-state index contributed by atoms with van der Waals surface area (Å²) in [5.74, 6) is -0.433. The quantitative estimate of drug-likeness (QED) is 0.244. The second kappa shape index (κ2) is 8.78. The Kier molecular flexibility index (Phi) is 5.71. The number of aromatic nitrogens is 3. The molecule has 0 unspecified atom stereocenters. The number of furan rings is 3. The van der Waals surface area contributed by atoms with Gasteiger partial charge in [0.15, 0.2) is 11.5 Å². The Bertz CT molecular complexity index is 1100. The summed E-state index contributed by atoms with van der Waals surface area (Å²) in [5, 5.41) is 35.9. The van der Waals surface area contributed by atoms with Crippen LogP contribution in [0.15, 0.2) is 32.0 Å². The van der Waals surface area contributed by atoms with Gasteiger partial charge in [-0.15, -0.1) is 0 Å². The van der Waals surface area contributed by atoms with E-state index in [1.807, 2.05) is 0 Å². The minimum atomic E-state index is -0.296. The van der Waals surface area contributed by atoms with Crippen LogP contribution in [0.3, 0.4) is 0 Å². The zero-order valence-electron chi connectivity index (χ0n) is 17.6. The molecule has 33 heavy (non-hydrogen) atoms. The largest absolute Gasteiger partial charge is 0.502 e. The summed E-state index contributed by atoms with van der Waals surface area (Å²) in [4.78, 5) is 12.7. The third-order valence-corrected chi connectivity index (χ3v) is 4.38. The minimum Gasteiger partial charge on any atom is -0.502 e. The van der Waals surface area contributed by atoms with E-state index in [-0.39, 0.29) is 76.2 Å². The van der Waals surface area contributed by atoms with Crippen molar-refractivity contribution >= 4 is 23.7 Å². The van der Waals surface area contributed by atoms with E-state index in [4.69, 9.17) is 27.5 Å². The van der Waals surface area contributed by atoms with Gasteiger partial charge < -0.3 is 42.8 Å². The molecule has 0 saturated carbocycles. The molecule has 0 aliphatic carbocycles. The van der Waals surface area contributed by atoms with Gasteiger partial charge in [-0.2, -0.15) is 15.0 Å². The average molecular weight is 461 g/mol. The number of hydrogen-bond donors (Lipinski definition) is 5. The normalized spacial score (nSPS) is 10.8. The lowest BCUT2D eigenvalue weighted by atomic mass is 10.3. The monoisotopic (exact) mass is 461 g/mol. The molecule has 4 heterocycles. The smallest absolute Gasteiger partial charge is 0.246 e. The number of nitrogens with zero attached hydrogens (tertiary/aromatic N) is 3. The van der Waals surface area contributed by atoms with Crippen molar-refractivity contribution in [1.82, 2.24) is 15.0 Å². The van der Waals surface area contributed by atoms with Gasteiger partial charge in [0.2, 0.25) is 52.4 Å². The molecule has 0 aliphatic heterocycles. The maximum absolute atomic E-state index is 10.2. The van der Waals surface area contributed by atoms with Gasteiger partial charge in [0, 0.05) is 0 Å². The predicted molar refractivity (Wildman–Crippen MR) is 110 cm³/mol. The Labute approximate surface area is 185 Å². The van der Waals surface area contributed by atoms with Gasteiger partial charge in [0.05, 0.1) is 27.8 Å². The Hall–Kier alpha value is -4.75. The molecule has 0 bridgehead atoms. The zero-order valence-corrected chi connectivity index (χ0v) is 17.6. The fourth-order valence-corrected chi connectivity index (χ4v) is 2.74. The summed E-state index contributed by atoms with van der Waals surface area (Å²) in [7, 11) is 4.12. The molecule has 5 N–H and O–H groups in total. The number of rotatable bonds is 9. The van der Waals surface area contributed by atoms with Crippen LogP contribution in [0.25, 0.3) is 0 Å². The van der Waals surface area contributed by atoms with Crippen molar-refractivity contribution < 1.29 is 42.8 Å². The number of methoxy groups -OCH3 is 3. The lowest BCUT2D eigenvalue weighted by Gasteiger charge is -2.08. The van der Waals surface area contributed by atoms with Crippen LogP contribution in [0.2, 0.25) is 0 Å². The second-order valence-electron chi connectivity index (χ2n) is 6.37. The van der Waals surface area contributed by atoms with Crippen molar-refractivity contribution in [3.8, 4) is 34.5 Å².